The minimum atomic E-state index is -0.939. The summed E-state index contributed by atoms with van der Waals surface area (Å²) in [7, 11) is 0. The summed E-state index contributed by atoms with van der Waals surface area (Å²) in [5.74, 6) is -0.953. The molecule has 0 heterocycles. The number of carbonyl (C=O) groups is 3. The SMILES string of the molecule is CCCCCCN(C(=O)C(NC(=O)OC(C)(C)C)C(C)C)C(C(=O)Nc1c(C)cccc1Cl)c1cccc(C)c1. The van der Waals surface area contributed by atoms with Crippen molar-refractivity contribution in [1.29, 1.82) is 0 Å². The number of anilines is 1. The van der Waals surface area contributed by atoms with Gasteiger partial charge < -0.3 is 20.3 Å². The monoisotopic (exact) mass is 571 g/mol. The van der Waals surface area contributed by atoms with Gasteiger partial charge in [0.1, 0.15) is 17.7 Å². The van der Waals surface area contributed by atoms with E-state index in [1.165, 1.54) is 0 Å². The quantitative estimate of drug-likeness (QED) is 0.257. The number of amides is 3. The Bertz CT molecular complexity index is 1140. The Morgan fingerprint density at radius 3 is 2.25 bits per heavy atom. The van der Waals surface area contributed by atoms with Crippen LogP contribution < -0.4 is 10.6 Å². The van der Waals surface area contributed by atoms with Gasteiger partial charge in [-0.3, -0.25) is 9.59 Å². The molecule has 0 saturated heterocycles. The van der Waals surface area contributed by atoms with E-state index in [9.17, 15) is 14.4 Å². The average Bonchev–Trinajstić information content (AvgIpc) is 2.85. The summed E-state index contributed by atoms with van der Waals surface area (Å²) >= 11 is 6.46. The van der Waals surface area contributed by atoms with Gasteiger partial charge in [0.15, 0.2) is 0 Å². The van der Waals surface area contributed by atoms with Crippen LogP contribution in [-0.2, 0) is 14.3 Å². The van der Waals surface area contributed by atoms with E-state index in [2.05, 4.69) is 17.6 Å². The number of para-hydroxylation sites is 1. The third-order valence-electron chi connectivity index (χ3n) is 6.53. The average molecular weight is 572 g/mol. The van der Waals surface area contributed by atoms with Crippen LogP contribution in [-0.4, -0.2) is 41.0 Å². The zero-order chi connectivity index (χ0) is 30.0. The summed E-state index contributed by atoms with van der Waals surface area (Å²) in [4.78, 5) is 42.7. The number of halogens is 1. The molecule has 2 N–H and O–H groups in total. The maximum absolute atomic E-state index is 14.3. The Morgan fingerprint density at radius 2 is 1.68 bits per heavy atom. The lowest BCUT2D eigenvalue weighted by atomic mass is 9.97. The van der Waals surface area contributed by atoms with E-state index in [0.29, 0.717) is 22.8 Å². The highest BCUT2D eigenvalue weighted by Crippen LogP contribution is 2.30. The molecule has 0 aliphatic heterocycles. The van der Waals surface area contributed by atoms with Crippen molar-refractivity contribution in [3.63, 3.8) is 0 Å². The van der Waals surface area contributed by atoms with E-state index >= 15 is 0 Å². The Morgan fingerprint density at radius 1 is 1.00 bits per heavy atom. The lowest BCUT2D eigenvalue weighted by Gasteiger charge is -2.36. The van der Waals surface area contributed by atoms with Crippen molar-refractivity contribution in [2.24, 2.45) is 5.92 Å². The summed E-state index contributed by atoms with van der Waals surface area (Å²) in [5, 5.41) is 6.19. The molecule has 0 aliphatic rings. The molecule has 2 unspecified atom stereocenters. The molecule has 2 aromatic rings. The summed E-state index contributed by atoms with van der Waals surface area (Å²) in [6.07, 6.45) is 3.02. The molecular formula is C32H46ClN3O4. The molecule has 0 saturated carbocycles. The number of unbranched alkanes of at least 4 members (excludes halogenated alkanes) is 3. The van der Waals surface area contributed by atoms with Gasteiger partial charge in [0.2, 0.25) is 5.91 Å². The van der Waals surface area contributed by atoms with E-state index in [1.807, 2.05) is 64.1 Å². The number of hydrogen-bond donors (Lipinski definition) is 2. The van der Waals surface area contributed by atoms with Crippen molar-refractivity contribution in [3.05, 3.63) is 64.2 Å². The summed E-state index contributed by atoms with van der Waals surface area (Å²) in [6, 6.07) is 11.2. The highest BCUT2D eigenvalue weighted by atomic mass is 35.5. The highest BCUT2D eigenvalue weighted by molar-refractivity contribution is 6.34. The molecule has 2 rings (SSSR count). The Kier molecular flexibility index (Phi) is 12.5. The molecule has 0 aliphatic carbocycles. The minimum absolute atomic E-state index is 0.245. The fourth-order valence-electron chi connectivity index (χ4n) is 4.50. The Hall–Kier alpha value is -3.06. The first-order chi connectivity index (χ1) is 18.7. The van der Waals surface area contributed by atoms with Crippen LogP contribution in [0.4, 0.5) is 10.5 Å². The van der Waals surface area contributed by atoms with Crippen LogP contribution in [0.3, 0.4) is 0 Å². The second-order valence-electron chi connectivity index (χ2n) is 11.7. The number of hydrogen-bond acceptors (Lipinski definition) is 4. The van der Waals surface area contributed by atoms with Crippen molar-refractivity contribution in [1.82, 2.24) is 10.2 Å². The number of ether oxygens (including phenoxy) is 1. The third-order valence-corrected chi connectivity index (χ3v) is 6.84. The summed E-state index contributed by atoms with van der Waals surface area (Å²) in [5.41, 5.74) is 2.26. The van der Waals surface area contributed by atoms with Crippen LogP contribution in [0.5, 0.6) is 0 Å². The smallest absolute Gasteiger partial charge is 0.408 e. The van der Waals surface area contributed by atoms with E-state index in [4.69, 9.17) is 16.3 Å². The maximum atomic E-state index is 14.3. The van der Waals surface area contributed by atoms with Crippen molar-refractivity contribution in [2.45, 2.75) is 98.8 Å². The first-order valence-electron chi connectivity index (χ1n) is 14.2. The van der Waals surface area contributed by atoms with Crippen molar-refractivity contribution in [3.8, 4) is 0 Å². The second kappa shape index (κ2) is 15.1. The number of nitrogens with zero attached hydrogens (tertiary/aromatic N) is 1. The molecule has 3 amide bonds. The fourth-order valence-corrected chi connectivity index (χ4v) is 4.77. The summed E-state index contributed by atoms with van der Waals surface area (Å²) in [6.45, 7) is 15.3. The normalized spacial score (nSPS) is 12.9. The van der Waals surface area contributed by atoms with Gasteiger partial charge in [0.25, 0.3) is 5.91 Å². The van der Waals surface area contributed by atoms with Crippen molar-refractivity contribution < 1.29 is 19.1 Å². The van der Waals surface area contributed by atoms with Crippen LogP contribution >= 0.6 is 11.6 Å². The fraction of sp³-hybridized carbons (Fsp3) is 0.531. The molecule has 8 heteroatoms. The standard InChI is InChI=1S/C32H46ClN3O4/c1-9-10-11-12-19-36(30(38)26(21(2)3)35-31(39)40-32(6,7)8)28(24-17-13-15-22(4)20-24)29(37)34-27-23(5)16-14-18-25(27)33/h13-18,20-21,26,28H,9-12,19H2,1-8H3,(H,34,37)(H,35,39). The molecule has 40 heavy (non-hydrogen) atoms. The molecule has 0 fully saturated rings. The molecule has 0 spiro atoms. The van der Waals surface area contributed by atoms with Crippen LogP contribution in [0.1, 0.15) is 90.0 Å². The van der Waals surface area contributed by atoms with E-state index < -0.39 is 23.8 Å². The van der Waals surface area contributed by atoms with Crippen molar-refractivity contribution >= 4 is 35.2 Å². The van der Waals surface area contributed by atoms with Gasteiger partial charge in [-0.15, -0.1) is 0 Å². The predicted molar refractivity (Wildman–Crippen MR) is 163 cm³/mol. The zero-order valence-electron chi connectivity index (χ0n) is 25.3. The molecule has 0 aromatic heterocycles. The minimum Gasteiger partial charge on any atom is -0.444 e. The van der Waals surface area contributed by atoms with Crippen LogP contribution in [0, 0.1) is 19.8 Å². The second-order valence-corrected chi connectivity index (χ2v) is 12.1. The molecule has 7 nitrogen and oxygen atoms in total. The lowest BCUT2D eigenvalue weighted by molar-refractivity contribution is -0.141. The molecule has 0 bridgehead atoms. The molecular weight excluding hydrogens is 526 g/mol. The molecule has 2 aromatic carbocycles. The lowest BCUT2D eigenvalue weighted by Crippen LogP contribution is -2.54. The first kappa shape index (κ1) is 33.1. The van der Waals surface area contributed by atoms with Gasteiger partial charge >= 0.3 is 6.09 Å². The predicted octanol–water partition coefficient (Wildman–Crippen LogP) is 7.59. The van der Waals surface area contributed by atoms with Gasteiger partial charge in [-0.2, -0.15) is 0 Å². The van der Waals surface area contributed by atoms with E-state index in [-0.39, 0.29) is 17.7 Å². The van der Waals surface area contributed by atoms with Gasteiger partial charge in [-0.05, 0) is 64.2 Å². The highest BCUT2D eigenvalue weighted by Gasteiger charge is 2.37. The number of benzene rings is 2. The van der Waals surface area contributed by atoms with Gasteiger partial charge in [0.05, 0.1) is 10.7 Å². The molecule has 0 radical (unpaired) electrons. The van der Waals surface area contributed by atoms with Gasteiger partial charge in [-0.1, -0.05) is 93.6 Å². The van der Waals surface area contributed by atoms with E-state index in [0.717, 1.165) is 36.8 Å². The number of nitrogens with one attached hydrogen (secondary N) is 2. The molecule has 2 atom stereocenters. The Labute approximate surface area is 245 Å². The van der Waals surface area contributed by atoms with Crippen molar-refractivity contribution in [2.75, 3.05) is 11.9 Å². The third kappa shape index (κ3) is 9.84. The van der Waals surface area contributed by atoms with Crippen LogP contribution in [0.2, 0.25) is 5.02 Å². The number of aryl methyl sites for hydroxylation is 2. The summed E-state index contributed by atoms with van der Waals surface area (Å²) < 4.78 is 5.46. The first-order valence-corrected chi connectivity index (χ1v) is 14.6. The number of rotatable bonds is 12. The number of alkyl carbamates (subject to hydrolysis) is 1. The Balaban J connectivity index is 2.57. The zero-order valence-corrected chi connectivity index (χ0v) is 26.0. The molecule has 220 valence electrons. The van der Waals surface area contributed by atoms with Gasteiger partial charge in [-0.25, -0.2) is 4.79 Å². The number of carbonyl (C=O) groups excluding carboxylic acids is 3. The van der Waals surface area contributed by atoms with E-state index in [1.54, 1.807) is 31.7 Å². The van der Waals surface area contributed by atoms with Crippen LogP contribution in [0.15, 0.2) is 42.5 Å². The van der Waals surface area contributed by atoms with Gasteiger partial charge in [0, 0.05) is 6.54 Å². The van der Waals surface area contributed by atoms with Crippen LogP contribution in [0.25, 0.3) is 0 Å². The maximum Gasteiger partial charge on any atom is 0.408 e. The topological polar surface area (TPSA) is 87.7 Å². The largest absolute Gasteiger partial charge is 0.444 e.